The number of carbonyl (C=O) groups excluding carboxylic acids is 3. The number of anilines is 2. The van der Waals surface area contributed by atoms with Crippen molar-refractivity contribution in [2.45, 2.75) is 51.6 Å². The molecule has 2 heterocycles. The summed E-state index contributed by atoms with van der Waals surface area (Å²) in [6.07, 6.45) is 3.98. The maximum Gasteiger partial charge on any atom is 0.273 e. The third-order valence-corrected chi connectivity index (χ3v) is 7.78. The molecule has 8 nitrogen and oxygen atoms in total. The first kappa shape index (κ1) is 23.9. The second kappa shape index (κ2) is 9.94. The molecule has 5 N–H and O–H groups in total. The van der Waals surface area contributed by atoms with Crippen LogP contribution in [0.5, 0.6) is 0 Å². The van der Waals surface area contributed by atoms with Crippen LogP contribution in [-0.4, -0.2) is 28.1 Å². The zero-order chi connectivity index (χ0) is 24.4. The van der Waals surface area contributed by atoms with Gasteiger partial charge in [0.2, 0.25) is 5.91 Å². The Balaban J connectivity index is 1.84. The van der Waals surface area contributed by atoms with Crippen LogP contribution in [0.15, 0.2) is 35.7 Å². The largest absolute Gasteiger partial charge is 0.395 e. The topological polar surface area (TPSA) is 131 Å². The number of nitrogens with one attached hydrogen (secondary N) is 1. The van der Waals surface area contributed by atoms with Gasteiger partial charge in [0.1, 0.15) is 4.88 Å². The molecule has 1 fully saturated rings. The summed E-state index contributed by atoms with van der Waals surface area (Å²) in [5, 5.41) is 5.03. The smallest absolute Gasteiger partial charge is 0.273 e. The van der Waals surface area contributed by atoms with Crippen molar-refractivity contribution in [2.75, 3.05) is 10.6 Å². The summed E-state index contributed by atoms with van der Waals surface area (Å²) in [5.41, 5.74) is 13.7. The molecule has 1 aliphatic carbocycles. The molecule has 2 aromatic heterocycles. The molecule has 10 heteroatoms. The van der Waals surface area contributed by atoms with Crippen LogP contribution >= 0.6 is 22.9 Å². The lowest BCUT2D eigenvalue weighted by atomic mass is 10.0. The number of carbonyl (C=O) groups is 3. The van der Waals surface area contributed by atoms with Gasteiger partial charge in [0, 0.05) is 16.6 Å². The summed E-state index contributed by atoms with van der Waals surface area (Å²) in [6, 6.07) is 8.56. The van der Waals surface area contributed by atoms with Crippen molar-refractivity contribution in [3.8, 4) is 0 Å². The number of benzene rings is 1. The number of primary amides is 1. The average Bonchev–Trinajstić information content (AvgIpc) is 3.54. The zero-order valence-electron chi connectivity index (χ0n) is 19.0. The Morgan fingerprint density at radius 1 is 1.18 bits per heavy atom. The molecule has 0 radical (unpaired) electrons. The maximum atomic E-state index is 14.0. The SMILES string of the molecule is Cc1ccc(N(C(=O)c2snc(C(N)=O)c2N)C(C(=O)NC2CCCC2)c2cccs2)c(C)c1. The Morgan fingerprint density at radius 3 is 2.50 bits per heavy atom. The number of nitrogen functional groups attached to an aromatic ring is 1. The van der Waals surface area contributed by atoms with E-state index in [1.807, 2.05) is 49.6 Å². The molecule has 1 aromatic carbocycles. The van der Waals surface area contributed by atoms with E-state index in [4.69, 9.17) is 11.5 Å². The Kier molecular flexibility index (Phi) is 6.99. The van der Waals surface area contributed by atoms with Crippen LogP contribution in [0.3, 0.4) is 0 Å². The van der Waals surface area contributed by atoms with Crippen molar-refractivity contribution < 1.29 is 14.4 Å². The lowest BCUT2D eigenvalue weighted by molar-refractivity contribution is -0.123. The number of thiophene rings is 1. The van der Waals surface area contributed by atoms with Gasteiger partial charge in [0.15, 0.2) is 11.7 Å². The van der Waals surface area contributed by atoms with Gasteiger partial charge in [-0.25, -0.2) is 0 Å². The first-order valence-corrected chi connectivity index (χ1v) is 12.7. The van der Waals surface area contributed by atoms with Crippen LogP contribution < -0.4 is 21.7 Å². The van der Waals surface area contributed by atoms with Crippen LogP contribution in [0.1, 0.15) is 67.9 Å². The van der Waals surface area contributed by atoms with Crippen LogP contribution in [0.25, 0.3) is 0 Å². The fraction of sp³-hybridized carbons (Fsp3) is 0.333. The third kappa shape index (κ3) is 4.69. The average molecular weight is 498 g/mol. The standard InChI is InChI=1S/C24H27N5O3S2/c1-13-9-10-16(14(2)12-13)29(24(32)21-18(25)19(22(26)30)28-34-21)20(17-8-5-11-33-17)23(31)27-15-6-3-4-7-15/h5,8-12,15,20H,3-4,6-7,25H2,1-2H3,(H2,26,30)(H,27,31). The molecule has 1 saturated carbocycles. The molecule has 1 atom stereocenters. The molecule has 1 unspecified atom stereocenters. The van der Waals surface area contributed by atoms with E-state index in [1.165, 1.54) is 16.2 Å². The van der Waals surface area contributed by atoms with E-state index < -0.39 is 17.9 Å². The molecular weight excluding hydrogens is 470 g/mol. The van der Waals surface area contributed by atoms with Gasteiger partial charge < -0.3 is 16.8 Å². The number of hydrogen-bond acceptors (Lipinski definition) is 7. The number of rotatable bonds is 7. The van der Waals surface area contributed by atoms with E-state index in [0.717, 1.165) is 53.2 Å². The minimum Gasteiger partial charge on any atom is -0.395 e. The first-order valence-electron chi connectivity index (χ1n) is 11.1. The van der Waals surface area contributed by atoms with Crippen LogP contribution in [-0.2, 0) is 4.79 Å². The fourth-order valence-corrected chi connectivity index (χ4v) is 5.91. The quantitative estimate of drug-likeness (QED) is 0.455. The Labute approximate surface area is 206 Å². The third-order valence-electron chi connectivity index (χ3n) is 6.01. The minimum absolute atomic E-state index is 0.0709. The van der Waals surface area contributed by atoms with Gasteiger partial charge in [-0.2, -0.15) is 4.37 Å². The van der Waals surface area contributed by atoms with Gasteiger partial charge in [-0.3, -0.25) is 19.3 Å². The van der Waals surface area contributed by atoms with E-state index in [-0.39, 0.29) is 28.2 Å². The summed E-state index contributed by atoms with van der Waals surface area (Å²) < 4.78 is 4.00. The van der Waals surface area contributed by atoms with Gasteiger partial charge >= 0.3 is 0 Å². The molecule has 1 aliphatic rings. The Hall–Kier alpha value is -3.24. The van der Waals surface area contributed by atoms with Crippen LogP contribution in [0.4, 0.5) is 11.4 Å². The lowest BCUT2D eigenvalue weighted by Crippen LogP contribution is -2.46. The molecule has 0 saturated heterocycles. The minimum atomic E-state index is -0.909. The fourth-order valence-electron chi connectivity index (χ4n) is 4.35. The van der Waals surface area contributed by atoms with Gasteiger partial charge in [-0.05, 0) is 61.3 Å². The summed E-state index contributed by atoms with van der Waals surface area (Å²) in [7, 11) is 0. The normalized spacial score (nSPS) is 14.6. The van der Waals surface area contributed by atoms with Crippen molar-refractivity contribution in [1.29, 1.82) is 0 Å². The van der Waals surface area contributed by atoms with E-state index in [0.29, 0.717) is 5.69 Å². The number of nitrogens with zero attached hydrogens (tertiary/aromatic N) is 2. The molecule has 178 valence electrons. The van der Waals surface area contributed by atoms with Crippen molar-refractivity contribution in [2.24, 2.45) is 5.73 Å². The monoisotopic (exact) mass is 497 g/mol. The molecule has 0 aliphatic heterocycles. The first-order chi connectivity index (χ1) is 16.3. The molecule has 0 spiro atoms. The van der Waals surface area contributed by atoms with Crippen LogP contribution in [0, 0.1) is 13.8 Å². The number of aryl methyl sites for hydroxylation is 2. The summed E-state index contributed by atoms with van der Waals surface area (Å²) in [4.78, 5) is 41.7. The molecule has 34 heavy (non-hydrogen) atoms. The highest BCUT2D eigenvalue weighted by Gasteiger charge is 2.38. The van der Waals surface area contributed by atoms with Crippen molar-refractivity contribution >= 4 is 52.0 Å². The van der Waals surface area contributed by atoms with Crippen molar-refractivity contribution in [1.82, 2.24) is 9.69 Å². The predicted molar refractivity (Wildman–Crippen MR) is 135 cm³/mol. The Morgan fingerprint density at radius 2 is 1.91 bits per heavy atom. The maximum absolute atomic E-state index is 14.0. The second-order valence-electron chi connectivity index (χ2n) is 8.51. The number of amides is 3. The number of aromatic nitrogens is 1. The predicted octanol–water partition coefficient (Wildman–Crippen LogP) is 3.95. The molecule has 0 bridgehead atoms. The van der Waals surface area contributed by atoms with Gasteiger partial charge in [0.25, 0.3) is 11.8 Å². The molecule has 3 aromatic rings. The molecule has 3 amide bonds. The van der Waals surface area contributed by atoms with E-state index >= 15 is 0 Å². The van der Waals surface area contributed by atoms with Gasteiger partial charge in [0.05, 0.1) is 5.69 Å². The number of nitrogens with two attached hydrogens (primary N) is 2. The van der Waals surface area contributed by atoms with E-state index in [9.17, 15) is 14.4 Å². The van der Waals surface area contributed by atoms with E-state index in [2.05, 4.69) is 9.69 Å². The van der Waals surface area contributed by atoms with E-state index in [1.54, 1.807) is 0 Å². The highest BCUT2D eigenvalue weighted by molar-refractivity contribution is 7.10. The zero-order valence-corrected chi connectivity index (χ0v) is 20.7. The van der Waals surface area contributed by atoms with Crippen molar-refractivity contribution in [3.63, 3.8) is 0 Å². The highest BCUT2D eigenvalue weighted by Crippen LogP contribution is 2.36. The highest BCUT2D eigenvalue weighted by atomic mass is 32.1. The van der Waals surface area contributed by atoms with Crippen molar-refractivity contribution in [3.05, 3.63) is 62.3 Å². The molecule has 4 rings (SSSR count). The lowest BCUT2D eigenvalue weighted by Gasteiger charge is -2.32. The summed E-state index contributed by atoms with van der Waals surface area (Å²) in [6.45, 7) is 3.86. The molecular formula is C24H27N5O3S2. The summed E-state index contributed by atoms with van der Waals surface area (Å²) in [5.74, 6) is -1.56. The number of hydrogen-bond donors (Lipinski definition) is 3. The van der Waals surface area contributed by atoms with Gasteiger partial charge in [-0.1, -0.05) is 36.6 Å². The summed E-state index contributed by atoms with van der Waals surface area (Å²) >= 11 is 2.21. The van der Waals surface area contributed by atoms with Gasteiger partial charge in [-0.15, -0.1) is 11.3 Å². The second-order valence-corrected chi connectivity index (χ2v) is 10.3. The Bertz CT molecular complexity index is 1220. The van der Waals surface area contributed by atoms with Crippen LogP contribution in [0.2, 0.25) is 0 Å².